The summed E-state index contributed by atoms with van der Waals surface area (Å²) in [5, 5.41) is 0. The molecule has 2 rings (SSSR count). The lowest BCUT2D eigenvalue weighted by Gasteiger charge is -2.08. The standard InChI is InChI=1S/C17H16O3S/c1-19-14-10-8-13(9-11-14)16(12-17(18)20-2)21-15-6-4-3-5-7-15/h3-12H,1-2H3/b16-12+. The maximum Gasteiger partial charge on any atom is 0.331 e. The van der Waals surface area contributed by atoms with Crippen molar-refractivity contribution in [1.29, 1.82) is 0 Å². The van der Waals surface area contributed by atoms with E-state index in [1.54, 1.807) is 7.11 Å². The topological polar surface area (TPSA) is 35.5 Å². The number of carbonyl (C=O) groups excluding carboxylic acids is 1. The summed E-state index contributed by atoms with van der Waals surface area (Å²) in [5.74, 6) is 0.408. The fraction of sp³-hybridized carbons (Fsp3) is 0.118. The summed E-state index contributed by atoms with van der Waals surface area (Å²) in [5.41, 5.74) is 0.940. The molecule has 0 spiro atoms. The zero-order valence-corrected chi connectivity index (χ0v) is 12.7. The summed E-state index contributed by atoms with van der Waals surface area (Å²) in [7, 11) is 3.00. The number of rotatable bonds is 5. The number of carbonyl (C=O) groups is 1. The maximum absolute atomic E-state index is 11.6. The molecule has 0 heterocycles. The van der Waals surface area contributed by atoms with Gasteiger partial charge >= 0.3 is 5.97 Å². The van der Waals surface area contributed by atoms with Gasteiger partial charge in [0.2, 0.25) is 0 Å². The van der Waals surface area contributed by atoms with Crippen molar-refractivity contribution < 1.29 is 14.3 Å². The Bertz CT molecular complexity index is 618. The van der Waals surface area contributed by atoms with Crippen LogP contribution in [0, 0.1) is 0 Å². The molecule has 0 saturated heterocycles. The molecule has 108 valence electrons. The van der Waals surface area contributed by atoms with Gasteiger partial charge in [-0.15, -0.1) is 0 Å². The zero-order chi connectivity index (χ0) is 15.1. The van der Waals surface area contributed by atoms with Crippen LogP contribution in [0.15, 0.2) is 65.6 Å². The number of ether oxygens (including phenoxy) is 2. The van der Waals surface area contributed by atoms with Gasteiger partial charge in [0.1, 0.15) is 5.75 Å². The van der Waals surface area contributed by atoms with E-state index in [4.69, 9.17) is 9.47 Å². The highest BCUT2D eigenvalue weighted by Gasteiger charge is 2.08. The molecule has 0 aliphatic rings. The summed E-state index contributed by atoms with van der Waals surface area (Å²) in [6.07, 6.45) is 1.50. The van der Waals surface area contributed by atoms with Gasteiger partial charge in [-0.3, -0.25) is 0 Å². The summed E-state index contributed by atoms with van der Waals surface area (Å²) < 4.78 is 9.88. The minimum absolute atomic E-state index is 0.371. The van der Waals surface area contributed by atoms with Crippen LogP contribution in [-0.2, 0) is 9.53 Å². The van der Waals surface area contributed by atoms with Crippen molar-refractivity contribution in [2.24, 2.45) is 0 Å². The van der Waals surface area contributed by atoms with E-state index in [9.17, 15) is 4.79 Å². The second kappa shape index (κ2) is 7.55. The highest BCUT2D eigenvalue weighted by Crippen LogP contribution is 2.34. The first-order valence-electron chi connectivity index (χ1n) is 6.40. The molecule has 21 heavy (non-hydrogen) atoms. The molecule has 0 fully saturated rings. The average molecular weight is 300 g/mol. The predicted octanol–water partition coefficient (Wildman–Crippen LogP) is 4.00. The second-order valence-corrected chi connectivity index (χ2v) is 5.29. The third-order valence-electron chi connectivity index (χ3n) is 2.80. The van der Waals surface area contributed by atoms with Gasteiger partial charge in [-0.1, -0.05) is 42.1 Å². The average Bonchev–Trinajstić information content (AvgIpc) is 2.55. The lowest BCUT2D eigenvalue weighted by atomic mass is 10.2. The molecule has 4 heteroatoms. The van der Waals surface area contributed by atoms with Crippen LogP contribution in [0.4, 0.5) is 0 Å². The van der Waals surface area contributed by atoms with Gasteiger partial charge in [-0.05, 0) is 29.8 Å². The van der Waals surface area contributed by atoms with Crippen molar-refractivity contribution >= 4 is 22.6 Å². The van der Waals surface area contributed by atoms with Crippen molar-refractivity contribution in [3.05, 3.63) is 66.2 Å². The zero-order valence-electron chi connectivity index (χ0n) is 11.9. The number of hydrogen-bond donors (Lipinski definition) is 0. The minimum Gasteiger partial charge on any atom is -0.497 e. The van der Waals surface area contributed by atoms with E-state index in [1.807, 2.05) is 54.6 Å². The Morgan fingerprint density at radius 2 is 1.67 bits per heavy atom. The van der Waals surface area contributed by atoms with E-state index >= 15 is 0 Å². The maximum atomic E-state index is 11.6. The number of esters is 1. The van der Waals surface area contributed by atoms with E-state index < -0.39 is 0 Å². The normalized spacial score (nSPS) is 11.0. The van der Waals surface area contributed by atoms with E-state index in [0.29, 0.717) is 0 Å². The number of thioether (sulfide) groups is 1. The molecular weight excluding hydrogens is 284 g/mol. The first-order valence-corrected chi connectivity index (χ1v) is 7.21. The van der Waals surface area contributed by atoms with Crippen molar-refractivity contribution in [3.8, 4) is 5.75 Å². The van der Waals surface area contributed by atoms with Crippen LogP contribution in [0.3, 0.4) is 0 Å². The first-order chi connectivity index (χ1) is 10.2. The molecule has 0 N–H and O–H groups in total. The van der Waals surface area contributed by atoms with Crippen LogP contribution in [0.5, 0.6) is 5.75 Å². The highest BCUT2D eigenvalue weighted by molar-refractivity contribution is 8.08. The molecule has 0 aliphatic heterocycles. The van der Waals surface area contributed by atoms with Gasteiger partial charge < -0.3 is 9.47 Å². The van der Waals surface area contributed by atoms with Gasteiger partial charge in [-0.25, -0.2) is 4.79 Å². The van der Waals surface area contributed by atoms with Crippen LogP contribution < -0.4 is 4.74 Å². The molecule has 2 aromatic carbocycles. The Morgan fingerprint density at radius 3 is 2.24 bits per heavy atom. The molecule has 0 bridgehead atoms. The van der Waals surface area contributed by atoms with Crippen molar-refractivity contribution in [2.75, 3.05) is 14.2 Å². The lowest BCUT2D eigenvalue weighted by molar-refractivity contribution is -0.134. The van der Waals surface area contributed by atoms with Crippen molar-refractivity contribution in [1.82, 2.24) is 0 Å². The van der Waals surface area contributed by atoms with Crippen molar-refractivity contribution in [2.45, 2.75) is 4.90 Å². The summed E-state index contributed by atoms with van der Waals surface area (Å²) in [4.78, 5) is 13.5. The van der Waals surface area contributed by atoms with E-state index in [2.05, 4.69) is 0 Å². The fourth-order valence-electron chi connectivity index (χ4n) is 1.71. The van der Waals surface area contributed by atoms with Gasteiger partial charge in [0.15, 0.2) is 0 Å². The molecule has 0 radical (unpaired) electrons. The predicted molar refractivity (Wildman–Crippen MR) is 85.3 cm³/mol. The third kappa shape index (κ3) is 4.39. The molecule has 3 nitrogen and oxygen atoms in total. The minimum atomic E-state index is -0.371. The molecule has 0 unspecified atom stereocenters. The van der Waals surface area contributed by atoms with Crippen LogP contribution in [0.25, 0.3) is 4.91 Å². The van der Waals surface area contributed by atoms with E-state index in [-0.39, 0.29) is 5.97 Å². The molecule has 0 amide bonds. The SMILES string of the molecule is COC(=O)/C=C(/Sc1ccccc1)c1ccc(OC)cc1. The lowest BCUT2D eigenvalue weighted by Crippen LogP contribution is -1.96. The van der Waals surface area contributed by atoms with E-state index in [0.717, 1.165) is 21.1 Å². The summed E-state index contributed by atoms with van der Waals surface area (Å²) in [6.45, 7) is 0. The number of methoxy groups -OCH3 is 2. The number of hydrogen-bond acceptors (Lipinski definition) is 4. The van der Waals surface area contributed by atoms with Crippen LogP contribution >= 0.6 is 11.8 Å². The van der Waals surface area contributed by atoms with Crippen LogP contribution in [0.1, 0.15) is 5.56 Å². The van der Waals surface area contributed by atoms with Gasteiger partial charge in [0.05, 0.1) is 14.2 Å². The van der Waals surface area contributed by atoms with Crippen LogP contribution in [0.2, 0.25) is 0 Å². The smallest absolute Gasteiger partial charge is 0.331 e. The monoisotopic (exact) mass is 300 g/mol. The second-order valence-electron chi connectivity index (χ2n) is 4.18. The molecule has 2 aromatic rings. The Morgan fingerprint density at radius 1 is 1.00 bits per heavy atom. The molecule has 0 aromatic heterocycles. The quantitative estimate of drug-likeness (QED) is 0.475. The van der Waals surface area contributed by atoms with Crippen molar-refractivity contribution in [3.63, 3.8) is 0 Å². The Hall–Kier alpha value is -2.20. The molecular formula is C17H16O3S. The Kier molecular flexibility index (Phi) is 5.46. The first kappa shape index (κ1) is 15.2. The third-order valence-corrected chi connectivity index (χ3v) is 3.88. The largest absolute Gasteiger partial charge is 0.497 e. The number of benzene rings is 2. The highest BCUT2D eigenvalue weighted by atomic mass is 32.2. The summed E-state index contributed by atoms with van der Waals surface area (Å²) in [6, 6.07) is 17.5. The molecule has 0 atom stereocenters. The summed E-state index contributed by atoms with van der Waals surface area (Å²) >= 11 is 1.52. The Labute approximate surface area is 128 Å². The molecule has 0 aliphatic carbocycles. The van der Waals surface area contributed by atoms with Gasteiger partial charge in [0, 0.05) is 15.9 Å². The Balaban J connectivity index is 2.31. The van der Waals surface area contributed by atoms with E-state index in [1.165, 1.54) is 24.9 Å². The van der Waals surface area contributed by atoms with Gasteiger partial charge in [0.25, 0.3) is 0 Å². The fourth-order valence-corrected chi connectivity index (χ4v) is 2.66. The molecule has 0 saturated carbocycles. The van der Waals surface area contributed by atoms with Crippen LogP contribution in [-0.4, -0.2) is 20.2 Å². The van der Waals surface area contributed by atoms with Gasteiger partial charge in [-0.2, -0.15) is 0 Å².